The molecule has 0 unspecified atom stereocenters. The lowest BCUT2D eigenvalue weighted by atomic mass is 10.4. The number of nitrogens with zero attached hydrogens (tertiary/aromatic N) is 2. The maximum absolute atomic E-state index is 11.3. The van der Waals surface area contributed by atoms with Crippen LogP contribution in [0.3, 0.4) is 0 Å². The zero-order valence-corrected chi connectivity index (χ0v) is 9.75. The van der Waals surface area contributed by atoms with E-state index in [-0.39, 0.29) is 5.91 Å². The van der Waals surface area contributed by atoms with Gasteiger partial charge in [0.05, 0.1) is 0 Å². The topological polar surface area (TPSA) is 59.2 Å². The Kier molecular flexibility index (Phi) is 4.42. The van der Waals surface area contributed by atoms with E-state index in [1.807, 2.05) is 6.07 Å². The van der Waals surface area contributed by atoms with Crippen molar-refractivity contribution in [3.8, 4) is 0 Å². The van der Waals surface area contributed by atoms with Gasteiger partial charge in [0.25, 0.3) is 0 Å². The van der Waals surface area contributed by atoms with Crippen molar-refractivity contribution >= 4 is 23.5 Å². The first-order chi connectivity index (χ1) is 7.09. The molecule has 0 aliphatic carbocycles. The fraction of sp³-hybridized carbons (Fsp3) is 0.400. The molecule has 1 heterocycles. The van der Waals surface area contributed by atoms with Crippen LogP contribution in [0, 0.1) is 0 Å². The van der Waals surface area contributed by atoms with Gasteiger partial charge in [0.2, 0.25) is 5.91 Å². The summed E-state index contributed by atoms with van der Waals surface area (Å²) >= 11 is 1.61. The molecule has 1 aromatic heterocycles. The van der Waals surface area contributed by atoms with Crippen molar-refractivity contribution < 1.29 is 4.79 Å². The fourth-order valence-electron chi connectivity index (χ4n) is 0.957. The Hall–Kier alpha value is -1.23. The smallest absolute Gasteiger partial charge is 0.222 e. The molecule has 1 rings (SSSR count). The highest BCUT2D eigenvalue weighted by Crippen LogP contribution is 2.18. The predicted octanol–water partition coefficient (Wildman–Crippen LogP) is 1.23. The summed E-state index contributed by atoms with van der Waals surface area (Å²) < 4.78 is 0. The van der Waals surface area contributed by atoms with E-state index in [2.05, 4.69) is 4.98 Å². The summed E-state index contributed by atoms with van der Waals surface area (Å²) in [5, 5.41) is 0. The predicted molar refractivity (Wildman–Crippen MR) is 62.7 cm³/mol. The minimum Gasteiger partial charge on any atom is -0.384 e. The summed E-state index contributed by atoms with van der Waals surface area (Å²) in [5.74, 6) is 1.43. The highest BCUT2D eigenvalue weighted by atomic mass is 32.2. The third kappa shape index (κ3) is 4.20. The molecule has 4 nitrogen and oxygen atoms in total. The minimum absolute atomic E-state index is 0.144. The second-order valence-electron chi connectivity index (χ2n) is 3.31. The van der Waals surface area contributed by atoms with Gasteiger partial charge in [-0.05, 0) is 12.1 Å². The Labute approximate surface area is 93.9 Å². The molecule has 0 fully saturated rings. The standard InChI is InChI=1S/C10H15N3OS/c1-13(2)10(14)5-6-15-8-3-4-9(11)12-7-8/h3-4,7H,5-6H2,1-2H3,(H2,11,12). The van der Waals surface area contributed by atoms with E-state index < -0.39 is 0 Å². The molecule has 0 atom stereocenters. The lowest BCUT2D eigenvalue weighted by molar-refractivity contribution is -0.128. The molecule has 2 N–H and O–H groups in total. The average molecular weight is 225 g/mol. The molecular weight excluding hydrogens is 210 g/mol. The van der Waals surface area contributed by atoms with Gasteiger partial charge < -0.3 is 10.6 Å². The van der Waals surface area contributed by atoms with Crippen LogP contribution in [0.25, 0.3) is 0 Å². The number of carbonyl (C=O) groups excluding carboxylic acids is 1. The summed E-state index contributed by atoms with van der Waals surface area (Å²) in [7, 11) is 3.52. The van der Waals surface area contributed by atoms with E-state index >= 15 is 0 Å². The second kappa shape index (κ2) is 5.60. The van der Waals surface area contributed by atoms with Crippen LogP contribution in [0.2, 0.25) is 0 Å². The van der Waals surface area contributed by atoms with Gasteiger partial charge in [-0.15, -0.1) is 11.8 Å². The molecule has 1 aromatic rings. The maximum atomic E-state index is 11.3. The van der Waals surface area contributed by atoms with E-state index in [1.165, 1.54) is 0 Å². The minimum atomic E-state index is 0.144. The van der Waals surface area contributed by atoms with Crippen LogP contribution in [-0.2, 0) is 4.79 Å². The Bertz CT molecular complexity index is 324. The lowest BCUT2D eigenvalue weighted by Gasteiger charge is -2.09. The zero-order chi connectivity index (χ0) is 11.3. The van der Waals surface area contributed by atoms with Crippen molar-refractivity contribution in [3.05, 3.63) is 18.3 Å². The Morgan fingerprint density at radius 3 is 2.80 bits per heavy atom. The highest BCUT2D eigenvalue weighted by Gasteiger charge is 2.03. The van der Waals surface area contributed by atoms with Crippen LogP contribution in [0.4, 0.5) is 5.82 Å². The van der Waals surface area contributed by atoms with Gasteiger partial charge in [0.15, 0.2) is 0 Å². The van der Waals surface area contributed by atoms with Crippen LogP contribution in [0.1, 0.15) is 6.42 Å². The molecule has 0 spiro atoms. The number of anilines is 1. The SMILES string of the molecule is CN(C)C(=O)CCSc1ccc(N)nc1. The number of thioether (sulfide) groups is 1. The summed E-state index contributed by atoms with van der Waals surface area (Å²) in [6.07, 6.45) is 2.27. The Morgan fingerprint density at radius 1 is 1.53 bits per heavy atom. The van der Waals surface area contributed by atoms with E-state index in [0.717, 1.165) is 10.6 Å². The number of aromatic nitrogens is 1. The molecule has 0 radical (unpaired) electrons. The van der Waals surface area contributed by atoms with Crippen molar-refractivity contribution in [3.63, 3.8) is 0 Å². The molecule has 0 aliphatic heterocycles. The van der Waals surface area contributed by atoms with Crippen LogP contribution in [0.15, 0.2) is 23.2 Å². The Balaban J connectivity index is 2.32. The molecule has 82 valence electrons. The van der Waals surface area contributed by atoms with Crippen molar-refractivity contribution in [1.82, 2.24) is 9.88 Å². The van der Waals surface area contributed by atoms with Crippen molar-refractivity contribution in [2.75, 3.05) is 25.6 Å². The summed E-state index contributed by atoms with van der Waals surface area (Å²) in [4.78, 5) is 17.9. The molecule has 0 saturated carbocycles. The number of rotatable bonds is 4. The molecular formula is C10H15N3OS. The summed E-state index contributed by atoms with van der Waals surface area (Å²) in [6, 6.07) is 3.67. The molecule has 0 saturated heterocycles. The number of pyridine rings is 1. The number of hydrogen-bond donors (Lipinski definition) is 1. The van der Waals surface area contributed by atoms with Crippen molar-refractivity contribution in [2.24, 2.45) is 0 Å². The van der Waals surface area contributed by atoms with Crippen LogP contribution < -0.4 is 5.73 Å². The first-order valence-corrected chi connectivity index (χ1v) is 5.62. The normalized spacial score (nSPS) is 10.0. The van der Waals surface area contributed by atoms with Gasteiger partial charge in [0, 0.05) is 37.4 Å². The first-order valence-electron chi connectivity index (χ1n) is 4.64. The third-order valence-corrected chi connectivity index (χ3v) is 2.83. The van der Waals surface area contributed by atoms with Crippen LogP contribution >= 0.6 is 11.8 Å². The maximum Gasteiger partial charge on any atom is 0.222 e. The number of hydrogen-bond acceptors (Lipinski definition) is 4. The summed E-state index contributed by atoms with van der Waals surface area (Å²) in [6.45, 7) is 0. The van der Waals surface area contributed by atoms with Gasteiger partial charge in [-0.25, -0.2) is 4.98 Å². The molecule has 0 aliphatic rings. The van der Waals surface area contributed by atoms with Gasteiger partial charge in [-0.1, -0.05) is 0 Å². The zero-order valence-electron chi connectivity index (χ0n) is 8.93. The average Bonchev–Trinajstić information content (AvgIpc) is 2.20. The number of nitrogen functional groups attached to an aromatic ring is 1. The first kappa shape index (κ1) is 11.8. The highest BCUT2D eigenvalue weighted by molar-refractivity contribution is 7.99. The largest absolute Gasteiger partial charge is 0.384 e. The van der Waals surface area contributed by atoms with Gasteiger partial charge in [-0.2, -0.15) is 0 Å². The van der Waals surface area contributed by atoms with Gasteiger partial charge in [0.1, 0.15) is 5.82 Å². The molecule has 15 heavy (non-hydrogen) atoms. The Morgan fingerprint density at radius 2 is 2.27 bits per heavy atom. The number of carbonyl (C=O) groups is 1. The van der Waals surface area contributed by atoms with E-state index in [4.69, 9.17) is 5.73 Å². The van der Waals surface area contributed by atoms with Crippen LogP contribution in [-0.4, -0.2) is 35.6 Å². The van der Waals surface area contributed by atoms with Gasteiger partial charge in [-0.3, -0.25) is 4.79 Å². The second-order valence-corrected chi connectivity index (χ2v) is 4.47. The molecule has 5 heteroatoms. The third-order valence-electron chi connectivity index (χ3n) is 1.84. The lowest BCUT2D eigenvalue weighted by Crippen LogP contribution is -2.21. The monoisotopic (exact) mass is 225 g/mol. The van der Waals surface area contributed by atoms with E-state index in [9.17, 15) is 4.79 Å². The fourth-order valence-corrected chi connectivity index (χ4v) is 1.76. The quantitative estimate of drug-likeness (QED) is 0.783. The van der Waals surface area contributed by atoms with E-state index in [1.54, 1.807) is 43.0 Å². The molecule has 0 aromatic carbocycles. The summed E-state index contributed by atoms with van der Waals surface area (Å²) in [5.41, 5.74) is 5.46. The molecule has 0 bridgehead atoms. The molecule has 1 amide bonds. The van der Waals surface area contributed by atoms with Crippen molar-refractivity contribution in [1.29, 1.82) is 0 Å². The number of nitrogens with two attached hydrogens (primary N) is 1. The van der Waals surface area contributed by atoms with Crippen LogP contribution in [0.5, 0.6) is 0 Å². The van der Waals surface area contributed by atoms with Gasteiger partial charge >= 0.3 is 0 Å². The number of amides is 1. The van der Waals surface area contributed by atoms with Crippen molar-refractivity contribution in [2.45, 2.75) is 11.3 Å². The van der Waals surface area contributed by atoms with E-state index in [0.29, 0.717) is 12.2 Å².